The molecule has 0 atom stereocenters. The van der Waals surface area contributed by atoms with Gasteiger partial charge in [-0.25, -0.2) is 19.4 Å². The highest BCUT2D eigenvalue weighted by molar-refractivity contribution is 7.92. The number of piperidine rings is 1. The Bertz CT molecular complexity index is 786. The third-order valence-corrected chi connectivity index (χ3v) is 6.06. The molecule has 5 nitrogen and oxygen atoms in total. The summed E-state index contributed by atoms with van der Waals surface area (Å²) in [6.45, 7) is 16.7. The van der Waals surface area contributed by atoms with Crippen LogP contribution in [0.5, 0.6) is 0 Å². The summed E-state index contributed by atoms with van der Waals surface area (Å²) in [5, 5.41) is 0. The van der Waals surface area contributed by atoms with Crippen LogP contribution in [0.4, 0.5) is 10.1 Å². The van der Waals surface area contributed by atoms with Crippen LogP contribution in [0.15, 0.2) is 18.2 Å². The molecule has 0 saturated carbocycles. The topological polar surface area (TPSA) is 53.8 Å². The van der Waals surface area contributed by atoms with Gasteiger partial charge in [-0.1, -0.05) is 20.8 Å². The van der Waals surface area contributed by atoms with Crippen molar-refractivity contribution in [2.75, 3.05) is 30.6 Å². The Morgan fingerprint density at radius 2 is 1.88 bits per heavy atom. The molecule has 0 unspecified atom stereocenters. The molecule has 1 fully saturated rings. The van der Waals surface area contributed by atoms with Crippen molar-refractivity contribution in [2.24, 2.45) is 10.8 Å². The van der Waals surface area contributed by atoms with E-state index in [1.807, 2.05) is 0 Å². The van der Waals surface area contributed by atoms with Crippen molar-refractivity contribution in [3.63, 3.8) is 0 Å². The molecular weight excluding hydrogens is 353 g/mol. The van der Waals surface area contributed by atoms with E-state index in [2.05, 4.69) is 35.2 Å². The Balaban J connectivity index is 2.09. The van der Waals surface area contributed by atoms with Crippen molar-refractivity contribution in [3.8, 4) is 0 Å². The first kappa shape index (κ1) is 20.7. The summed E-state index contributed by atoms with van der Waals surface area (Å²) in [6.07, 6.45) is 2.91. The van der Waals surface area contributed by atoms with Crippen LogP contribution >= 0.6 is 0 Å². The van der Waals surface area contributed by atoms with Gasteiger partial charge in [-0.05, 0) is 55.1 Å². The van der Waals surface area contributed by atoms with Gasteiger partial charge < -0.3 is 4.85 Å². The lowest BCUT2D eigenvalue weighted by molar-refractivity contribution is 0.0173. The van der Waals surface area contributed by atoms with E-state index in [0.717, 1.165) is 37.8 Å². The van der Waals surface area contributed by atoms with Crippen LogP contribution in [0.3, 0.4) is 0 Å². The van der Waals surface area contributed by atoms with Crippen molar-refractivity contribution in [1.82, 2.24) is 4.90 Å². The monoisotopic (exact) mass is 381 g/mol. The molecule has 1 aliphatic rings. The lowest BCUT2D eigenvalue weighted by Crippen LogP contribution is -2.47. The van der Waals surface area contributed by atoms with Gasteiger partial charge in [-0.2, -0.15) is 0 Å². The molecule has 0 amide bonds. The number of anilines is 1. The zero-order valence-corrected chi connectivity index (χ0v) is 16.8. The largest absolute Gasteiger partial charge is 0.316 e. The van der Waals surface area contributed by atoms with Crippen LogP contribution < -0.4 is 4.72 Å². The van der Waals surface area contributed by atoms with Gasteiger partial charge in [0.25, 0.3) is 0 Å². The minimum Gasteiger partial charge on any atom is -0.316 e. The zero-order valence-electron chi connectivity index (χ0n) is 16.0. The van der Waals surface area contributed by atoms with E-state index in [-0.39, 0.29) is 16.5 Å². The number of nitrogens with one attached hydrogen (secondary N) is 1. The third-order valence-electron chi connectivity index (χ3n) is 5.45. The number of benzene rings is 1. The average Bonchev–Trinajstić information content (AvgIpc) is 2.46. The maximum atomic E-state index is 13.9. The second kappa shape index (κ2) is 7.53. The van der Waals surface area contributed by atoms with Crippen LogP contribution in [0.2, 0.25) is 0 Å². The van der Waals surface area contributed by atoms with Gasteiger partial charge in [-0.3, -0.25) is 9.62 Å². The molecule has 1 aromatic rings. The fraction of sp³-hybridized carbons (Fsp3) is 0.632. The first-order valence-electron chi connectivity index (χ1n) is 8.77. The summed E-state index contributed by atoms with van der Waals surface area (Å²) in [7, 11) is -3.44. The van der Waals surface area contributed by atoms with E-state index in [9.17, 15) is 12.8 Å². The van der Waals surface area contributed by atoms with Crippen molar-refractivity contribution >= 4 is 15.7 Å². The molecule has 1 N–H and O–H groups in total. The quantitative estimate of drug-likeness (QED) is 0.791. The Labute approximate surface area is 156 Å². The molecule has 1 heterocycles. The van der Waals surface area contributed by atoms with Crippen molar-refractivity contribution < 1.29 is 12.8 Å². The molecule has 7 heteroatoms. The highest BCUT2D eigenvalue weighted by atomic mass is 32.2. The van der Waals surface area contributed by atoms with Gasteiger partial charge in [0.1, 0.15) is 5.82 Å². The molecule has 144 valence electrons. The van der Waals surface area contributed by atoms with Gasteiger partial charge in [-0.15, -0.1) is 0 Å². The molecule has 0 radical (unpaired) electrons. The Kier molecular flexibility index (Phi) is 5.99. The summed E-state index contributed by atoms with van der Waals surface area (Å²) in [5.74, 6) is -0.456. The van der Waals surface area contributed by atoms with E-state index in [4.69, 9.17) is 6.57 Å². The van der Waals surface area contributed by atoms with Gasteiger partial charge >= 0.3 is 0 Å². The maximum absolute atomic E-state index is 13.9. The molecule has 1 saturated heterocycles. The van der Waals surface area contributed by atoms with Crippen molar-refractivity contribution in [1.29, 1.82) is 0 Å². The maximum Gasteiger partial charge on any atom is 0.229 e. The summed E-state index contributed by atoms with van der Waals surface area (Å²) in [6, 6.07) is 4.30. The van der Waals surface area contributed by atoms with E-state index < -0.39 is 15.8 Å². The lowest BCUT2D eigenvalue weighted by Gasteiger charge is -2.46. The first-order valence-corrected chi connectivity index (χ1v) is 10.7. The molecular formula is C19H28FN3O2S. The van der Waals surface area contributed by atoms with Crippen molar-refractivity contribution in [3.05, 3.63) is 41.0 Å². The normalized spacial score (nSPS) is 18.3. The molecule has 0 aliphatic carbocycles. The predicted molar refractivity (Wildman–Crippen MR) is 103 cm³/mol. The second-order valence-electron chi connectivity index (χ2n) is 8.35. The fourth-order valence-corrected chi connectivity index (χ4v) is 4.25. The smallest absolute Gasteiger partial charge is 0.229 e. The van der Waals surface area contributed by atoms with Crippen LogP contribution in [0.25, 0.3) is 4.85 Å². The minimum absolute atomic E-state index is 0.0101. The zero-order chi connectivity index (χ0) is 19.6. The summed E-state index contributed by atoms with van der Waals surface area (Å²) in [4.78, 5) is 5.92. The molecule has 0 spiro atoms. The molecule has 1 aromatic carbocycles. The highest BCUT2D eigenvalue weighted by Crippen LogP contribution is 2.47. The van der Waals surface area contributed by atoms with Gasteiger partial charge in [0.05, 0.1) is 11.9 Å². The Hall–Kier alpha value is -1.65. The minimum atomic E-state index is -3.44. The van der Waals surface area contributed by atoms with Gasteiger partial charge in [0.2, 0.25) is 16.6 Å². The standard InChI is InChI=1S/C19H28FN3O2S/c1-18(2,3)19(14-21-4)6-8-23(9-7-19)13-15-10-16(20)12-17(11-15)22-26(5,24)25/h10-12,22H,6-9,13-14H2,1-3,5H3. The molecule has 2 rings (SSSR count). The third kappa shape index (κ3) is 5.18. The average molecular weight is 382 g/mol. The Morgan fingerprint density at radius 1 is 1.27 bits per heavy atom. The number of halogens is 1. The number of sulfonamides is 1. The lowest BCUT2D eigenvalue weighted by atomic mass is 9.61. The number of nitrogens with zero attached hydrogens (tertiary/aromatic N) is 2. The van der Waals surface area contributed by atoms with Gasteiger partial charge in [0, 0.05) is 12.0 Å². The molecule has 0 aromatic heterocycles. The number of likely N-dealkylation sites (tertiary alicyclic amines) is 1. The van der Waals surface area contributed by atoms with E-state index in [1.54, 1.807) is 6.07 Å². The highest BCUT2D eigenvalue weighted by Gasteiger charge is 2.46. The summed E-state index contributed by atoms with van der Waals surface area (Å²) >= 11 is 0. The summed E-state index contributed by atoms with van der Waals surface area (Å²) in [5.41, 5.74) is 1.06. The Morgan fingerprint density at radius 3 is 2.38 bits per heavy atom. The predicted octanol–water partition coefficient (Wildman–Crippen LogP) is 3.74. The van der Waals surface area contributed by atoms with Crippen LogP contribution in [0.1, 0.15) is 39.2 Å². The fourth-order valence-electron chi connectivity index (χ4n) is 3.71. The summed E-state index contributed by atoms with van der Waals surface area (Å²) < 4.78 is 38.9. The molecule has 1 aliphatic heterocycles. The SMILES string of the molecule is [C-]#[N+]CC1(C(C)(C)C)CCN(Cc2cc(F)cc(NS(C)(=O)=O)c2)CC1. The van der Waals surface area contributed by atoms with Gasteiger partial charge in [0.15, 0.2) is 0 Å². The van der Waals surface area contributed by atoms with Crippen LogP contribution in [-0.4, -0.2) is 39.2 Å². The van der Waals surface area contributed by atoms with E-state index >= 15 is 0 Å². The van der Waals surface area contributed by atoms with Crippen molar-refractivity contribution in [2.45, 2.75) is 40.2 Å². The van der Waals surface area contributed by atoms with Crippen LogP contribution in [0, 0.1) is 23.2 Å². The number of hydrogen-bond donors (Lipinski definition) is 1. The number of rotatable bonds is 5. The van der Waals surface area contributed by atoms with E-state index in [1.165, 1.54) is 12.1 Å². The molecule has 26 heavy (non-hydrogen) atoms. The second-order valence-corrected chi connectivity index (χ2v) is 10.1. The van der Waals surface area contributed by atoms with Crippen LogP contribution in [-0.2, 0) is 16.6 Å². The van der Waals surface area contributed by atoms with E-state index in [0.29, 0.717) is 13.1 Å². The molecule has 0 bridgehead atoms. The number of hydrogen-bond acceptors (Lipinski definition) is 3. The first-order chi connectivity index (χ1) is 11.9.